The maximum Gasteiger partial charge on any atom is 0.286 e. The summed E-state index contributed by atoms with van der Waals surface area (Å²) < 4.78 is 0. The summed E-state index contributed by atoms with van der Waals surface area (Å²) in [6.07, 6.45) is 0. The fourth-order valence-corrected chi connectivity index (χ4v) is 2.14. The van der Waals surface area contributed by atoms with Crippen LogP contribution in [0, 0.1) is 0 Å². The minimum Gasteiger partial charge on any atom is -0.363 e. The van der Waals surface area contributed by atoms with E-state index in [4.69, 9.17) is 0 Å². The maximum atomic E-state index is 11.9. The third-order valence-corrected chi connectivity index (χ3v) is 3.61. The van der Waals surface area contributed by atoms with Crippen molar-refractivity contribution in [2.75, 3.05) is 17.7 Å². The highest BCUT2D eigenvalue weighted by molar-refractivity contribution is 7.17. The number of rotatable bonds is 4. The molecule has 0 aliphatic rings. The first kappa shape index (κ1) is 13.5. The van der Waals surface area contributed by atoms with Gasteiger partial charge in [-0.1, -0.05) is 37.3 Å². The van der Waals surface area contributed by atoms with Gasteiger partial charge in [-0.05, 0) is 23.6 Å². The van der Waals surface area contributed by atoms with Crippen LogP contribution in [0.3, 0.4) is 0 Å². The van der Waals surface area contributed by atoms with E-state index in [0.29, 0.717) is 16.1 Å². The molecule has 2 N–H and O–H groups in total. The van der Waals surface area contributed by atoms with Crippen molar-refractivity contribution in [2.24, 2.45) is 0 Å². The van der Waals surface area contributed by atoms with E-state index in [-0.39, 0.29) is 5.91 Å². The predicted octanol–water partition coefficient (Wildman–Crippen LogP) is 2.96. The molecule has 1 aromatic heterocycles. The number of nitrogens with zero attached hydrogens (tertiary/aromatic N) is 2. The van der Waals surface area contributed by atoms with Gasteiger partial charge in [0.15, 0.2) is 0 Å². The number of carbonyl (C=O) groups is 1. The number of amides is 1. The molecular weight excluding hydrogens is 260 g/mol. The number of benzene rings is 1. The molecule has 19 heavy (non-hydrogen) atoms. The van der Waals surface area contributed by atoms with Gasteiger partial charge in [0.05, 0.1) is 0 Å². The summed E-state index contributed by atoms with van der Waals surface area (Å²) in [7, 11) is 1.74. The zero-order chi connectivity index (χ0) is 13.8. The van der Waals surface area contributed by atoms with E-state index < -0.39 is 0 Å². The molecule has 0 bridgehead atoms. The molecule has 0 atom stereocenters. The van der Waals surface area contributed by atoms with Gasteiger partial charge in [-0.3, -0.25) is 4.79 Å². The summed E-state index contributed by atoms with van der Waals surface area (Å²) in [5.41, 5.74) is 2.00. The number of aromatic nitrogens is 2. The van der Waals surface area contributed by atoms with Gasteiger partial charge in [0.1, 0.15) is 0 Å². The van der Waals surface area contributed by atoms with Crippen LogP contribution in [0.2, 0.25) is 0 Å². The van der Waals surface area contributed by atoms with Crippen LogP contribution in [0.25, 0.3) is 0 Å². The Morgan fingerprint density at radius 2 is 1.89 bits per heavy atom. The van der Waals surface area contributed by atoms with Crippen molar-refractivity contribution in [1.82, 2.24) is 10.2 Å². The molecule has 0 aliphatic carbocycles. The minimum atomic E-state index is -0.240. The van der Waals surface area contributed by atoms with Crippen LogP contribution in [0.15, 0.2) is 24.3 Å². The lowest BCUT2D eigenvalue weighted by Crippen LogP contribution is -2.11. The zero-order valence-electron chi connectivity index (χ0n) is 11.1. The Kier molecular flexibility index (Phi) is 4.11. The Morgan fingerprint density at radius 1 is 1.21 bits per heavy atom. The van der Waals surface area contributed by atoms with Crippen LogP contribution in [0.4, 0.5) is 10.8 Å². The average molecular weight is 276 g/mol. The second-order valence-electron chi connectivity index (χ2n) is 4.39. The van der Waals surface area contributed by atoms with E-state index in [1.165, 1.54) is 16.9 Å². The Hall–Kier alpha value is -1.95. The molecule has 0 saturated carbocycles. The van der Waals surface area contributed by atoms with Crippen molar-refractivity contribution in [1.29, 1.82) is 0 Å². The van der Waals surface area contributed by atoms with Crippen molar-refractivity contribution in [3.05, 3.63) is 34.8 Å². The van der Waals surface area contributed by atoms with Gasteiger partial charge in [0.2, 0.25) is 10.1 Å². The summed E-state index contributed by atoms with van der Waals surface area (Å²) in [6.45, 7) is 4.27. The smallest absolute Gasteiger partial charge is 0.286 e. The standard InChI is InChI=1S/C13H16N4OS/c1-8(2)9-4-6-10(7-5-9)15-11(18)12-16-17-13(14-3)19-12/h4-8H,1-3H3,(H,14,17)(H,15,18). The van der Waals surface area contributed by atoms with Crippen molar-refractivity contribution in [3.63, 3.8) is 0 Å². The molecule has 1 aromatic carbocycles. The second kappa shape index (κ2) is 5.79. The third-order valence-electron chi connectivity index (χ3n) is 2.67. The zero-order valence-corrected chi connectivity index (χ0v) is 11.9. The Morgan fingerprint density at radius 3 is 2.42 bits per heavy atom. The van der Waals surface area contributed by atoms with E-state index in [2.05, 4.69) is 34.7 Å². The van der Waals surface area contributed by atoms with Crippen LogP contribution in [-0.4, -0.2) is 23.2 Å². The number of hydrogen-bond acceptors (Lipinski definition) is 5. The molecule has 6 heteroatoms. The monoisotopic (exact) mass is 276 g/mol. The molecule has 1 amide bonds. The lowest BCUT2D eigenvalue weighted by Gasteiger charge is -2.07. The van der Waals surface area contributed by atoms with Crippen LogP contribution in [0.1, 0.15) is 35.1 Å². The number of nitrogens with one attached hydrogen (secondary N) is 2. The second-order valence-corrected chi connectivity index (χ2v) is 5.37. The van der Waals surface area contributed by atoms with Gasteiger partial charge in [-0.2, -0.15) is 0 Å². The summed E-state index contributed by atoms with van der Waals surface area (Å²) in [6, 6.07) is 7.82. The fraction of sp³-hybridized carbons (Fsp3) is 0.308. The number of anilines is 2. The normalized spacial score (nSPS) is 10.5. The van der Waals surface area contributed by atoms with Crippen LogP contribution in [-0.2, 0) is 0 Å². The molecule has 0 fully saturated rings. The molecule has 0 unspecified atom stereocenters. The van der Waals surface area contributed by atoms with Gasteiger partial charge >= 0.3 is 0 Å². The van der Waals surface area contributed by atoms with Crippen LogP contribution < -0.4 is 10.6 Å². The molecule has 5 nitrogen and oxygen atoms in total. The largest absolute Gasteiger partial charge is 0.363 e. The predicted molar refractivity (Wildman–Crippen MR) is 77.9 cm³/mol. The molecule has 1 heterocycles. The summed E-state index contributed by atoms with van der Waals surface area (Å²) in [5, 5.41) is 14.3. The molecule has 2 rings (SSSR count). The molecule has 0 aliphatic heterocycles. The minimum absolute atomic E-state index is 0.240. The van der Waals surface area contributed by atoms with Gasteiger partial charge < -0.3 is 10.6 Å². The van der Waals surface area contributed by atoms with Crippen LogP contribution >= 0.6 is 11.3 Å². The molecule has 0 saturated heterocycles. The maximum absolute atomic E-state index is 11.9. The number of hydrogen-bond donors (Lipinski definition) is 2. The van der Waals surface area contributed by atoms with Gasteiger partial charge in [0.25, 0.3) is 5.91 Å². The summed E-state index contributed by atoms with van der Waals surface area (Å²) >= 11 is 1.22. The van der Waals surface area contributed by atoms with E-state index in [9.17, 15) is 4.79 Å². The van der Waals surface area contributed by atoms with E-state index in [1.54, 1.807) is 7.05 Å². The van der Waals surface area contributed by atoms with E-state index in [1.807, 2.05) is 24.3 Å². The first-order chi connectivity index (χ1) is 9.10. The first-order valence-corrected chi connectivity index (χ1v) is 6.84. The highest BCUT2D eigenvalue weighted by Crippen LogP contribution is 2.19. The van der Waals surface area contributed by atoms with Crippen molar-refractivity contribution >= 4 is 28.1 Å². The molecule has 0 radical (unpaired) electrons. The quantitative estimate of drug-likeness (QED) is 0.901. The SMILES string of the molecule is CNc1nnc(C(=O)Nc2ccc(C(C)C)cc2)s1. The summed E-state index contributed by atoms with van der Waals surface area (Å²) in [5.74, 6) is 0.238. The third kappa shape index (κ3) is 3.29. The average Bonchev–Trinajstić information content (AvgIpc) is 2.88. The van der Waals surface area contributed by atoms with Crippen molar-refractivity contribution in [3.8, 4) is 0 Å². The van der Waals surface area contributed by atoms with Gasteiger partial charge in [0, 0.05) is 12.7 Å². The molecule has 0 spiro atoms. The molecule has 2 aromatic rings. The Labute approximate surface area is 116 Å². The van der Waals surface area contributed by atoms with Crippen molar-refractivity contribution in [2.45, 2.75) is 19.8 Å². The number of carbonyl (C=O) groups excluding carboxylic acids is 1. The molecule has 100 valence electrons. The topological polar surface area (TPSA) is 66.9 Å². The van der Waals surface area contributed by atoms with Gasteiger partial charge in [-0.25, -0.2) is 0 Å². The highest BCUT2D eigenvalue weighted by Gasteiger charge is 2.12. The molecular formula is C13H16N4OS. The van der Waals surface area contributed by atoms with Crippen LogP contribution in [0.5, 0.6) is 0 Å². The first-order valence-electron chi connectivity index (χ1n) is 6.02. The van der Waals surface area contributed by atoms with Gasteiger partial charge in [-0.15, -0.1) is 10.2 Å². The fourth-order valence-electron chi connectivity index (χ4n) is 1.55. The van der Waals surface area contributed by atoms with Crippen molar-refractivity contribution < 1.29 is 4.79 Å². The Bertz CT molecular complexity index is 562. The highest BCUT2D eigenvalue weighted by atomic mass is 32.1. The van der Waals surface area contributed by atoms with E-state index >= 15 is 0 Å². The lowest BCUT2D eigenvalue weighted by molar-refractivity contribution is 0.102. The lowest BCUT2D eigenvalue weighted by atomic mass is 10.0. The summed E-state index contributed by atoms with van der Waals surface area (Å²) in [4.78, 5) is 11.9. The van der Waals surface area contributed by atoms with E-state index in [0.717, 1.165) is 5.69 Å². The Balaban J connectivity index is 2.06.